The largest absolute Gasteiger partial charge is 0.385 e. The lowest BCUT2D eigenvalue weighted by Gasteiger charge is -2.11. The normalized spacial score (nSPS) is 10.6. The van der Waals surface area contributed by atoms with Gasteiger partial charge in [0.05, 0.1) is 0 Å². The van der Waals surface area contributed by atoms with Crippen LogP contribution in [0.15, 0.2) is 41.8 Å². The van der Waals surface area contributed by atoms with Gasteiger partial charge in [-0.25, -0.2) is 4.98 Å². The summed E-state index contributed by atoms with van der Waals surface area (Å²) < 4.78 is 5.05. The van der Waals surface area contributed by atoms with Crippen LogP contribution in [-0.4, -0.2) is 30.2 Å². The number of nitrogens with one attached hydrogen (secondary N) is 2. The minimum absolute atomic E-state index is 0.788. The van der Waals surface area contributed by atoms with E-state index < -0.39 is 0 Å². The van der Waals surface area contributed by atoms with Crippen molar-refractivity contribution < 1.29 is 4.74 Å². The smallest absolute Gasteiger partial charge is 0.165 e. The molecule has 0 unspecified atom stereocenters. The molecule has 0 atom stereocenters. The fraction of sp³-hybridized carbons (Fsp3) is 0.357. The molecule has 0 bridgehead atoms. The van der Waals surface area contributed by atoms with Crippen molar-refractivity contribution in [2.45, 2.75) is 17.3 Å². The van der Waals surface area contributed by atoms with Gasteiger partial charge in [0.1, 0.15) is 0 Å². The topological polar surface area (TPSA) is 49.9 Å². The molecule has 4 nitrogen and oxygen atoms in total. The lowest BCUT2D eigenvalue weighted by Crippen LogP contribution is -2.06. The van der Waals surface area contributed by atoms with Crippen molar-refractivity contribution in [2.24, 2.45) is 0 Å². The van der Waals surface area contributed by atoms with E-state index in [1.54, 1.807) is 25.1 Å². The van der Waals surface area contributed by atoms with E-state index in [1.807, 2.05) is 6.20 Å². The Bertz CT molecular complexity index is 473. The molecule has 0 aliphatic rings. The van der Waals surface area contributed by atoms with E-state index in [2.05, 4.69) is 39.6 Å². The summed E-state index contributed by atoms with van der Waals surface area (Å²) in [6, 6.07) is 8.39. The van der Waals surface area contributed by atoms with Crippen LogP contribution >= 0.6 is 11.8 Å². The van der Waals surface area contributed by atoms with Gasteiger partial charge < -0.3 is 15.0 Å². The van der Waals surface area contributed by atoms with Crippen LogP contribution in [-0.2, 0) is 10.5 Å². The number of imidazole rings is 1. The first-order valence-corrected chi connectivity index (χ1v) is 7.31. The SMILES string of the molecule is COCCCNc1ccccc1CSc1ncc[nH]1. The van der Waals surface area contributed by atoms with E-state index in [4.69, 9.17) is 4.74 Å². The van der Waals surface area contributed by atoms with Crippen LogP contribution in [0.1, 0.15) is 12.0 Å². The number of anilines is 1. The third kappa shape index (κ3) is 4.61. The third-order valence-corrected chi connectivity index (χ3v) is 3.65. The van der Waals surface area contributed by atoms with E-state index in [0.717, 1.165) is 30.5 Å². The minimum Gasteiger partial charge on any atom is -0.385 e. The van der Waals surface area contributed by atoms with Gasteiger partial charge in [-0.2, -0.15) is 0 Å². The van der Waals surface area contributed by atoms with Crippen LogP contribution in [0.2, 0.25) is 0 Å². The summed E-state index contributed by atoms with van der Waals surface area (Å²) >= 11 is 1.71. The molecule has 1 aromatic heterocycles. The number of hydrogen-bond donors (Lipinski definition) is 2. The van der Waals surface area contributed by atoms with Gasteiger partial charge in [-0.05, 0) is 18.1 Å². The molecule has 2 aromatic rings. The fourth-order valence-corrected chi connectivity index (χ4v) is 2.56. The second-order valence-electron chi connectivity index (χ2n) is 4.11. The Morgan fingerprint density at radius 1 is 1.37 bits per heavy atom. The Labute approximate surface area is 118 Å². The molecule has 102 valence electrons. The average molecular weight is 277 g/mol. The number of benzene rings is 1. The molecule has 2 rings (SSSR count). The van der Waals surface area contributed by atoms with Crippen LogP contribution in [0.25, 0.3) is 0 Å². The summed E-state index contributed by atoms with van der Waals surface area (Å²) in [5.74, 6) is 0.904. The van der Waals surface area contributed by atoms with E-state index in [-0.39, 0.29) is 0 Å². The van der Waals surface area contributed by atoms with Crippen LogP contribution in [0.3, 0.4) is 0 Å². The van der Waals surface area contributed by atoms with Gasteiger partial charge >= 0.3 is 0 Å². The summed E-state index contributed by atoms with van der Waals surface area (Å²) in [7, 11) is 1.73. The fourth-order valence-electron chi connectivity index (χ4n) is 1.73. The minimum atomic E-state index is 0.788. The number of para-hydroxylation sites is 1. The maximum atomic E-state index is 5.05. The Balaban J connectivity index is 1.88. The molecular weight excluding hydrogens is 258 g/mol. The summed E-state index contributed by atoms with van der Waals surface area (Å²) in [5, 5.41) is 4.41. The second-order valence-corrected chi connectivity index (χ2v) is 5.08. The van der Waals surface area contributed by atoms with Crippen LogP contribution in [0, 0.1) is 0 Å². The molecule has 0 aliphatic carbocycles. The van der Waals surface area contributed by atoms with Gasteiger partial charge in [-0.15, -0.1) is 0 Å². The maximum Gasteiger partial charge on any atom is 0.165 e. The third-order valence-electron chi connectivity index (χ3n) is 2.70. The number of hydrogen-bond acceptors (Lipinski definition) is 4. The molecule has 5 heteroatoms. The van der Waals surface area contributed by atoms with Crippen molar-refractivity contribution >= 4 is 17.4 Å². The molecule has 0 spiro atoms. The zero-order valence-electron chi connectivity index (χ0n) is 11.1. The van der Waals surface area contributed by atoms with Gasteiger partial charge in [0, 0.05) is 44.1 Å². The van der Waals surface area contributed by atoms with Gasteiger partial charge in [0.2, 0.25) is 0 Å². The van der Waals surface area contributed by atoms with Crippen LogP contribution in [0.4, 0.5) is 5.69 Å². The molecule has 0 amide bonds. The van der Waals surface area contributed by atoms with Crippen molar-refractivity contribution in [2.75, 3.05) is 25.6 Å². The van der Waals surface area contributed by atoms with Crippen LogP contribution < -0.4 is 5.32 Å². The number of aromatic amines is 1. The van der Waals surface area contributed by atoms with E-state index >= 15 is 0 Å². The Morgan fingerprint density at radius 3 is 3.05 bits per heavy atom. The molecule has 1 aromatic carbocycles. The number of nitrogens with zero attached hydrogens (tertiary/aromatic N) is 1. The number of thioether (sulfide) groups is 1. The number of ether oxygens (including phenoxy) is 1. The molecule has 0 saturated heterocycles. The van der Waals surface area contributed by atoms with E-state index in [1.165, 1.54) is 11.3 Å². The first-order valence-electron chi connectivity index (χ1n) is 6.33. The van der Waals surface area contributed by atoms with Gasteiger partial charge in [-0.3, -0.25) is 0 Å². The highest BCUT2D eigenvalue weighted by atomic mass is 32.2. The summed E-state index contributed by atoms with van der Waals surface area (Å²) in [4.78, 5) is 7.32. The van der Waals surface area contributed by atoms with Crippen molar-refractivity contribution in [3.05, 3.63) is 42.2 Å². The van der Waals surface area contributed by atoms with Gasteiger partial charge in [0.25, 0.3) is 0 Å². The Morgan fingerprint density at radius 2 is 2.26 bits per heavy atom. The predicted octanol–water partition coefficient (Wildman–Crippen LogP) is 3.15. The quantitative estimate of drug-likeness (QED) is 0.575. The molecule has 19 heavy (non-hydrogen) atoms. The Kier molecular flexibility index (Phi) is 5.78. The summed E-state index contributed by atoms with van der Waals surface area (Å²) in [6.45, 7) is 1.71. The number of rotatable bonds is 8. The zero-order chi connectivity index (χ0) is 13.3. The average Bonchev–Trinajstić information content (AvgIpc) is 2.96. The van der Waals surface area contributed by atoms with Crippen molar-refractivity contribution in [1.82, 2.24) is 9.97 Å². The number of H-pyrrole nitrogens is 1. The highest BCUT2D eigenvalue weighted by Crippen LogP contribution is 2.24. The zero-order valence-corrected chi connectivity index (χ0v) is 11.9. The monoisotopic (exact) mass is 277 g/mol. The molecular formula is C14H19N3OS. The molecule has 1 heterocycles. The lowest BCUT2D eigenvalue weighted by molar-refractivity contribution is 0.198. The molecule has 0 fully saturated rings. The molecule has 0 saturated carbocycles. The van der Waals surface area contributed by atoms with Crippen molar-refractivity contribution in [3.8, 4) is 0 Å². The first-order chi connectivity index (χ1) is 9.40. The molecule has 0 aliphatic heterocycles. The standard InChI is InChI=1S/C14H19N3OS/c1-18-10-4-7-15-13-6-3-2-5-12(13)11-19-14-16-8-9-17-14/h2-3,5-6,8-9,15H,4,7,10-11H2,1H3,(H,16,17). The summed E-state index contributed by atoms with van der Waals surface area (Å²) in [6.07, 6.45) is 4.63. The highest BCUT2D eigenvalue weighted by molar-refractivity contribution is 7.98. The van der Waals surface area contributed by atoms with Gasteiger partial charge in [-0.1, -0.05) is 30.0 Å². The van der Waals surface area contributed by atoms with Gasteiger partial charge in [0.15, 0.2) is 5.16 Å². The lowest BCUT2D eigenvalue weighted by atomic mass is 10.2. The first kappa shape index (κ1) is 14.0. The number of aromatic nitrogens is 2. The van der Waals surface area contributed by atoms with E-state index in [0.29, 0.717) is 0 Å². The summed E-state index contributed by atoms with van der Waals surface area (Å²) in [5.41, 5.74) is 2.49. The molecule has 0 radical (unpaired) electrons. The number of methoxy groups -OCH3 is 1. The Hall–Kier alpha value is -1.46. The highest BCUT2D eigenvalue weighted by Gasteiger charge is 2.03. The van der Waals surface area contributed by atoms with Crippen molar-refractivity contribution in [1.29, 1.82) is 0 Å². The van der Waals surface area contributed by atoms with E-state index in [9.17, 15) is 0 Å². The predicted molar refractivity (Wildman–Crippen MR) is 79.6 cm³/mol. The van der Waals surface area contributed by atoms with Crippen LogP contribution in [0.5, 0.6) is 0 Å². The van der Waals surface area contributed by atoms with Crippen molar-refractivity contribution in [3.63, 3.8) is 0 Å². The second kappa shape index (κ2) is 7.86. The maximum absolute atomic E-state index is 5.05. The molecule has 2 N–H and O–H groups in total.